The number of fused-ring (bicyclic) bond motifs is 2. The molecule has 0 aliphatic rings. The number of thiophene rings is 1. The van der Waals surface area contributed by atoms with Crippen molar-refractivity contribution in [1.82, 2.24) is 9.55 Å². The predicted octanol–water partition coefficient (Wildman–Crippen LogP) is 5.21. The van der Waals surface area contributed by atoms with Crippen LogP contribution in [0, 0.1) is 0 Å². The Kier molecular flexibility index (Phi) is 3.93. The highest BCUT2D eigenvalue weighted by Gasteiger charge is 2.16. The van der Waals surface area contributed by atoms with E-state index in [0.29, 0.717) is 20.9 Å². The zero-order valence-corrected chi connectivity index (χ0v) is 16.1. The van der Waals surface area contributed by atoms with Crippen LogP contribution in [0.15, 0.2) is 82.4 Å². The Balaban J connectivity index is 1.81. The van der Waals surface area contributed by atoms with Crippen LogP contribution in [0.1, 0.15) is 0 Å². The van der Waals surface area contributed by atoms with Gasteiger partial charge >= 0.3 is 5.69 Å². The Morgan fingerprint density at radius 1 is 0.857 bits per heavy atom. The van der Waals surface area contributed by atoms with Gasteiger partial charge in [-0.25, -0.2) is 9.36 Å². The van der Waals surface area contributed by atoms with E-state index in [1.165, 1.54) is 15.9 Å². The van der Waals surface area contributed by atoms with Gasteiger partial charge in [0, 0.05) is 20.8 Å². The van der Waals surface area contributed by atoms with Gasteiger partial charge in [-0.15, -0.1) is 11.3 Å². The largest absolute Gasteiger partial charge is 0.334 e. The number of aromatic amines is 1. The number of hydrogen-bond acceptors (Lipinski definition) is 3. The summed E-state index contributed by atoms with van der Waals surface area (Å²) in [6, 6.07) is 22.5. The summed E-state index contributed by atoms with van der Waals surface area (Å²) in [7, 11) is 0. The fraction of sp³-hybridized carbons (Fsp3) is 0. The molecule has 6 heteroatoms. The molecular formula is C22H13ClN2O2S. The smallest absolute Gasteiger partial charge is 0.298 e. The first-order valence-electron chi connectivity index (χ1n) is 8.65. The molecule has 0 bridgehead atoms. The summed E-state index contributed by atoms with van der Waals surface area (Å²) in [6.07, 6.45) is 0. The maximum Gasteiger partial charge on any atom is 0.334 e. The van der Waals surface area contributed by atoms with E-state index < -0.39 is 5.69 Å². The lowest BCUT2D eigenvalue weighted by molar-refractivity contribution is 0.911. The summed E-state index contributed by atoms with van der Waals surface area (Å²) in [6.45, 7) is 0. The molecule has 1 N–H and O–H groups in total. The van der Waals surface area contributed by atoms with Crippen LogP contribution in [0.2, 0.25) is 5.02 Å². The lowest BCUT2D eigenvalue weighted by Gasteiger charge is -2.08. The highest BCUT2D eigenvalue weighted by atomic mass is 35.5. The molecule has 0 spiro atoms. The van der Waals surface area contributed by atoms with E-state index in [0.717, 1.165) is 21.2 Å². The molecule has 2 aromatic heterocycles. The molecule has 136 valence electrons. The van der Waals surface area contributed by atoms with Crippen molar-refractivity contribution in [3.05, 3.63) is 98.7 Å². The van der Waals surface area contributed by atoms with Gasteiger partial charge in [-0.1, -0.05) is 66.2 Å². The van der Waals surface area contributed by atoms with Crippen molar-refractivity contribution in [2.45, 2.75) is 0 Å². The zero-order valence-electron chi connectivity index (χ0n) is 14.5. The molecule has 0 saturated carbocycles. The van der Waals surface area contributed by atoms with E-state index in [1.807, 2.05) is 54.6 Å². The monoisotopic (exact) mass is 404 g/mol. The molecular weight excluding hydrogens is 392 g/mol. The quantitative estimate of drug-likeness (QED) is 0.439. The highest BCUT2D eigenvalue weighted by Crippen LogP contribution is 2.35. The number of H-pyrrole nitrogens is 1. The highest BCUT2D eigenvalue weighted by molar-refractivity contribution is 7.21. The second-order valence-corrected chi connectivity index (χ2v) is 7.86. The molecule has 28 heavy (non-hydrogen) atoms. The van der Waals surface area contributed by atoms with Crippen molar-refractivity contribution in [3.8, 4) is 16.1 Å². The molecule has 0 unspecified atom stereocenters. The number of rotatable bonds is 2. The molecule has 0 aliphatic carbocycles. The number of hydrogen-bond donors (Lipinski definition) is 1. The maximum absolute atomic E-state index is 13.2. The second kappa shape index (κ2) is 6.48. The van der Waals surface area contributed by atoms with Crippen molar-refractivity contribution >= 4 is 43.9 Å². The molecule has 0 amide bonds. The van der Waals surface area contributed by atoms with Gasteiger partial charge in [0.25, 0.3) is 5.56 Å². The van der Waals surface area contributed by atoms with Gasteiger partial charge in [0.2, 0.25) is 0 Å². The molecule has 2 heterocycles. The maximum atomic E-state index is 13.2. The number of aromatic nitrogens is 2. The Hall–Kier alpha value is -3.15. The molecule has 5 aromatic rings. The summed E-state index contributed by atoms with van der Waals surface area (Å²) in [5, 5.41) is 2.88. The average Bonchev–Trinajstić information content (AvgIpc) is 3.12. The molecule has 0 fully saturated rings. The van der Waals surface area contributed by atoms with Gasteiger partial charge in [0.15, 0.2) is 0 Å². The predicted molar refractivity (Wildman–Crippen MR) is 116 cm³/mol. The van der Waals surface area contributed by atoms with Crippen molar-refractivity contribution in [2.75, 3.05) is 0 Å². The summed E-state index contributed by atoms with van der Waals surface area (Å²) in [4.78, 5) is 30.3. The van der Waals surface area contributed by atoms with Crippen LogP contribution in [0.25, 0.3) is 37.1 Å². The standard InChI is InChI=1S/C22H13ClN2O2S/c23-17-10-4-3-9-15(17)19-12-16-20(28-19)24-22(27)25(21(16)26)18-11-5-7-13-6-1-2-8-14(13)18/h1-12H,(H,24,27). The molecule has 4 nitrogen and oxygen atoms in total. The van der Waals surface area contributed by atoms with Crippen LogP contribution < -0.4 is 11.2 Å². The van der Waals surface area contributed by atoms with E-state index in [9.17, 15) is 9.59 Å². The normalized spacial score (nSPS) is 11.3. The molecule has 0 aliphatic heterocycles. The van der Waals surface area contributed by atoms with Crippen LogP contribution in [0.3, 0.4) is 0 Å². The van der Waals surface area contributed by atoms with Gasteiger partial charge in [-0.2, -0.15) is 0 Å². The zero-order chi connectivity index (χ0) is 19.3. The van der Waals surface area contributed by atoms with E-state index in [1.54, 1.807) is 18.2 Å². The first-order valence-corrected chi connectivity index (χ1v) is 9.85. The van der Waals surface area contributed by atoms with Crippen molar-refractivity contribution in [3.63, 3.8) is 0 Å². The van der Waals surface area contributed by atoms with Gasteiger partial charge in [0.05, 0.1) is 11.1 Å². The fourth-order valence-electron chi connectivity index (χ4n) is 3.42. The lowest BCUT2D eigenvalue weighted by Crippen LogP contribution is -2.33. The lowest BCUT2D eigenvalue weighted by atomic mass is 10.1. The van der Waals surface area contributed by atoms with Crippen molar-refractivity contribution in [1.29, 1.82) is 0 Å². The van der Waals surface area contributed by atoms with E-state index in [4.69, 9.17) is 11.6 Å². The summed E-state index contributed by atoms with van der Waals surface area (Å²) >= 11 is 7.65. The number of halogens is 1. The summed E-state index contributed by atoms with van der Waals surface area (Å²) in [5.41, 5.74) is 0.602. The van der Waals surface area contributed by atoms with E-state index in [2.05, 4.69) is 4.98 Å². The van der Waals surface area contributed by atoms with Crippen molar-refractivity contribution in [2.24, 2.45) is 0 Å². The van der Waals surface area contributed by atoms with Gasteiger partial charge < -0.3 is 0 Å². The minimum atomic E-state index is -0.457. The first-order chi connectivity index (χ1) is 13.6. The molecule has 5 rings (SSSR count). The van der Waals surface area contributed by atoms with Crippen molar-refractivity contribution < 1.29 is 0 Å². The van der Waals surface area contributed by atoms with Crippen LogP contribution >= 0.6 is 22.9 Å². The third-order valence-electron chi connectivity index (χ3n) is 4.74. The third kappa shape index (κ3) is 2.59. The number of nitrogens with one attached hydrogen (secondary N) is 1. The summed E-state index contributed by atoms with van der Waals surface area (Å²) in [5.74, 6) is 0. The van der Waals surface area contributed by atoms with Gasteiger partial charge in [0.1, 0.15) is 4.83 Å². The van der Waals surface area contributed by atoms with Gasteiger partial charge in [-0.3, -0.25) is 9.78 Å². The molecule has 3 aromatic carbocycles. The Morgan fingerprint density at radius 3 is 2.46 bits per heavy atom. The minimum Gasteiger partial charge on any atom is -0.298 e. The van der Waals surface area contributed by atoms with Crippen LogP contribution in [-0.2, 0) is 0 Å². The van der Waals surface area contributed by atoms with Crippen LogP contribution in [0.5, 0.6) is 0 Å². The third-order valence-corrected chi connectivity index (χ3v) is 6.15. The second-order valence-electron chi connectivity index (χ2n) is 6.40. The fourth-order valence-corrected chi connectivity index (χ4v) is 4.80. The summed E-state index contributed by atoms with van der Waals surface area (Å²) < 4.78 is 1.20. The molecule has 0 atom stereocenters. The van der Waals surface area contributed by atoms with E-state index in [-0.39, 0.29) is 5.56 Å². The van der Waals surface area contributed by atoms with Crippen LogP contribution in [0.4, 0.5) is 0 Å². The van der Waals surface area contributed by atoms with Crippen LogP contribution in [-0.4, -0.2) is 9.55 Å². The van der Waals surface area contributed by atoms with E-state index >= 15 is 0 Å². The number of benzene rings is 3. The molecule has 0 radical (unpaired) electrons. The Morgan fingerprint density at radius 2 is 1.61 bits per heavy atom. The number of nitrogens with zero attached hydrogens (tertiary/aromatic N) is 1. The molecule has 0 saturated heterocycles. The Bertz CT molecular complexity index is 1470. The topological polar surface area (TPSA) is 54.9 Å². The van der Waals surface area contributed by atoms with Gasteiger partial charge in [-0.05, 0) is 23.6 Å². The first kappa shape index (κ1) is 17.0. The Labute approximate surface area is 168 Å². The average molecular weight is 405 g/mol. The minimum absolute atomic E-state index is 0.343. The SMILES string of the molecule is O=c1[nH]c2sc(-c3ccccc3Cl)cc2c(=O)n1-c1cccc2ccccc12.